The van der Waals surface area contributed by atoms with Crippen molar-refractivity contribution in [3.8, 4) is 6.07 Å². The fraction of sp³-hybridized carbons (Fsp3) is 0.600. The number of nitrogens with one attached hydrogen (secondary N) is 2. The maximum Gasteiger partial charge on any atom is 0.242 e. The third-order valence-corrected chi connectivity index (χ3v) is 4.01. The van der Waals surface area contributed by atoms with Crippen LogP contribution >= 0.6 is 0 Å². The second kappa shape index (κ2) is 6.53. The normalized spacial score (nSPS) is 16.3. The standard InChI is InChI=1S/C15H21N5O/c1-9-10(2)19-20-14(13(9)8-16)17-11(3)15(21)18-12-6-4-5-7-12/h11-12H,4-7H2,1-3H3,(H,17,20)(H,18,21). The summed E-state index contributed by atoms with van der Waals surface area (Å²) in [6.45, 7) is 5.41. The van der Waals surface area contributed by atoms with E-state index in [4.69, 9.17) is 0 Å². The van der Waals surface area contributed by atoms with Crippen LogP contribution in [0, 0.1) is 25.2 Å². The molecular formula is C15H21N5O. The first-order valence-corrected chi connectivity index (χ1v) is 7.33. The molecule has 1 unspecified atom stereocenters. The van der Waals surface area contributed by atoms with E-state index >= 15 is 0 Å². The van der Waals surface area contributed by atoms with Crippen LogP contribution in [-0.4, -0.2) is 28.2 Å². The highest BCUT2D eigenvalue weighted by Crippen LogP contribution is 2.19. The van der Waals surface area contributed by atoms with Crippen molar-refractivity contribution < 1.29 is 4.79 Å². The molecule has 1 saturated carbocycles. The van der Waals surface area contributed by atoms with Crippen LogP contribution in [0.4, 0.5) is 5.82 Å². The second-order valence-electron chi connectivity index (χ2n) is 5.60. The quantitative estimate of drug-likeness (QED) is 0.881. The smallest absolute Gasteiger partial charge is 0.242 e. The van der Waals surface area contributed by atoms with Crippen molar-refractivity contribution in [2.75, 3.05) is 5.32 Å². The van der Waals surface area contributed by atoms with Gasteiger partial charge in [0.15, 0.2) is 5.82 Å². The molecule has 0 spiro atoms. The number of nitrogens with zero attached hydrogens (tertiary/aromatic N) is 3. The summed E-state index contributed by atoms with van der Waals surface area (Å²) in [5.74, 6) is 0.306. The van der Waals surface area contributed by atoms with E-state index in [1.165, 1.54) is 12.8 Å². The van der Waals surface area contributed by atoms with Crippen LogP contribution in [0.5, 0.6) is 0 Å². The van der Waals surface area contributed by atoms with Crippen molar-refractivity contribution in [2.45, 2.75) is 58.5 Å². The molecule has 1 heterocycles. The molecule has 6 nitrogen and oxygen atoms in total. The van der Waals surface area contributed by atoms with E-state index in [1.54, 1.807) is 6.92 Å². The summed E-state index contributed by atoms with van der Waals surface area (Å²) in [6.07, 6.45) is 4.44. The van der Waals surface area contributed by atoms with Crippen molar-refractivity contribution in [1.29, 1.82) is 5.26 Å². The summed E-state index contributed by atoms with van der Waals surface area (Å²) in [5, 5.41) is 23.3. The van der Waals surface area contributed by atoms with Crippen LogP contribution in [0.3, 0.4) is 0 Å². The highest BCUT2D eigenvalue weighted by molar-refractivity contribution is 5.84. The number of anilines is 1. The summed E-state index contributed by atoms with van der Waals surface area (Å²) < 4.78 is 0. The third kappa shape index (κ3) is 3.48. The van der Waals surface area contributed by atoms with Gasteiger partial charge < -0.3 is 10.6 Å². The van der Waals surface area contributed by atoms with Crippen molar-refractivity contribution >= 4 is 11.7 Å². The van der Waals surface area contributed by atoms with Crippen molar-refractivity contribution in [2.24, 2.45) is 0 Å². The van der Waals surface area contributed by atoms with Gasteiger partial charge in [0.25, 0.3) is 0 Å². The molecular weight excluding hydrogens is 266 g/mol. The van der Waals surface area contributed by atoms with Gasteiger partial charge in [0.05, 0.1) is 5.69 Å². The van der Waals surface area contributed by atoms with Crippen LogP contribution in [0.1, 0.15) is 49.4 Å². The number of carbonyl (C=O) groups excluding carboxylic acids is 1. The van der Waals surface area contributed by atoms with Gasteiger partial charge in [0.2, 0.25) is 5.91 Å². The third-order valence-electron chi connectivity index (χ3n) is 4.01. The van der Waals surface area contributed by atoms with Crippen LogP contribution in [0.2, 0.25) is 0 Å². The number of aromatic nitrogens is 2. The monoisotopic (exact) mass is 287 g/mol. The maximum absolute atomic E-state index is 12.2. The molecule has 1 fully saturated rings. The zero-order valence-corrected chi connectivity index (χ0v) is 12.7. The molecule has 1 aliphatic carbocycles. The predicted octanol–water partition coefficient (Wildman–Crippen LogP) is 1.82. The van der Waals surface area contributed by atoms with E-state index in [-0.39, 0.29) is 11.9 Å². The molecule has 6 heteroatoms. The first-order chi connectivity index (χ1) is 10.0. The number of nitriles is 1. The fourth-order valence-electron chi connectivity index (χ4n) is 2.51. The number of rotatable bonds is 4. The van der Waals surface area contributed by atoms with Gasteiger partial charge >= 0.3 is 0 Å². The Balaban J connectivity index is 2.05. The van der Waals surface area contributed by atoms with Crippen molar-refractivity contribution in [3.63, 3.8) is 0 Å². The maximum atomic E-state index is 12.2. The Morgan fingerprint density at radius 2 is 2.00 bits per heavy atom. The molecule has 0 radical (unpaired) electrons. The Hall–Kier alpha value is -2.16. The van der Waals surface area contributed by atoms with Gasteiger partial charge in [-0.2, -0.15) is 10.4 Å². The lowest BCUT2D eigenvalue weighted by molar-refractivity contribution is -0.122. The van der Waals surface area contributed by atoms with Gasteiger partial charge in [-0.25, -0.2) is 0 Å². The van der Waals surface area contributed by atoms with E-state index in [0.717, 1.165) is 24.1 Å². The van der Waals surface area contributed by atoms with Crippen molar-refractivity contribution in [1.82, 2.24) is 15.5 Å². The first-order valence-electron chi connectivity index (χ1n) is 7.33. The lowest BCUT2D eigenvalue weighted by Crippen LogP contribution is -2.42. The van der Waals surface area contributed by atoms with E-state index < -0.39 is 6.04 Å². The molecule has 1 aromatic rings. The van der Waals surface area contributed by atoms with Crippen LogP contribution < -0.4 is 10.6 Å². The SMILES string of the molecule is Cc1nnc(NC(C)C(=O)NC2CCCC2)c(C#N)c1C. The summed E-state index contributed by atoms with van der Waals surface area (Å²) in [4.78, 5) is 12.2. The summed E-state index contributed by atoms with van der Waals surface area (Å²) in [6, 6.07) is 1.96. The highest BCUT2D eigenvalue weighted by Gasteiger charge is 2.22. The van der Waals surface area contributed by atoms with E-state index in [2.05, 4.69) is 26.9 Å². The van der Waals surface area contributed by atoms with Gasteiger partial charge in [-0.05, 0) is 39.2 Å². The average Bonchev–Trinajstić information content (AvgIpc) is 2.96. The molecule has 0 bridgehead atoms. The van der Waals surface area contributed by atoms with E-state index in [0.29, 0.717) is 11.4 Å². The zero-order chi connectivity index (χ0) is 15.4. The molecule has 1 aromatic heterocycles. The van der Waals surface area contributed by atoms with Gasteiger partial charge in [-0.15, -0.1) is 5.10 Å². The summed E-state index contributed by atoms with van der Waals surface area (Å²) in [7, 11) is 0. The van der Waals surface area contributed by atoms with E-state index in [1.807, 2.05) is 13.8 Å². The topological polar surface area (TPSA) is 90.7 Å². The van der Waals surface area contributed by atoms with Crippen LogP contribution in [0.15, 0.2) is 0 Å². The number of aryl methyl sites for hydroxylation is 1. The molecule has 1 aliphatic rings. The zero-order valence-electron chi connectivity index (χ0n) is 12.7. The molecule has 2 rings (SSSR count). The number of carbonyl (C=O) groups is 1. The molecule has 112 valence electrons. The number of hydrogen-bond donors (Lipinski definition) is 2. The largest absolute Gasteiger partial charge is 0.356 e. The minimum absolute atomic E-state index is 0.0641. The molecule has 0 aliphatic heterocycles. The Bertz CT molecular complexity index is 572. The van der Waals surface area contributed by atoms with Crippen LogP contribution in [0.25, 0.3) is 0 Å². The molecule has 21 heavy (non-hydrogen) atoms. The minimum Gasteiger partial charge on any atom is -0.356 e. The minimum atomic E-state index is -0.450. The molecule has 0 aromatic carbocycles. The first kappa shape index (κ1) is 15.2. The van der Waals surface area contributed by atoms with Crippen LogP contribution in [-0.2, 0) is 4.79 Å². The van der Waals surface area contributed by atoms with Gasteiger partial charge in [0.1, 0.15) is 17.7 Å². The molecule has 1 atom stereocenters. The van der Waals surface area contributed by atoms with Crippen molar-refractivity contribution in [3.05, 3.63) is 16.8 Å². The number of amides is 1. The van der Waals surface area contributed by atoms with Gasteiger partial charge in [-0.1, -0.05) is 12.8 Å². The van der Waals surface area contributed by atoms with Gasteiger partial charge in [-0.3, -0.25) is 4.79 Å². The van der Waals surface area contributed by atoms with Gasteiger partial charge in [0, 0.05) is 6.04 Å². The highest BCUT2D eigenvalue weighted by atomic mass is 16.2. The average molecular weight is 287 g/mol. The number of hydrogen-bond acceptors (Lipinski definition) is 5. The fourth-order valence-corrected chi connectivity index (χ4v) is 2.51. The Labute approximate surface area is 125 Å². The molecule has 2 N–H and O–H groups in total. The molecule has 0 saturated heterocycles. The lowest BCUT2D eigenvalue weighted by Gasteiger charge is -2.18. The van der Waals surface area contributed by atoms with E-state index in [9.17, 15) is 10.1 Å². The second-order valence-corrected chi connectivity index (χ2v) is 5.60. The predicted molar refractivity (Wildman–Crippen MR) is 79.7 cm³/mol. The Kier molecular flexibility index (Phi) is 4.73. The Morgan fingerprint density at radius 1 is 1.33 bits per heavy atom. The summed E-state index contributed by atoms with van der Waals surface area (Å²) >= 11 is 0. The Morgan fingerprint density at radius 3 is 2.62 bits per heavy atom. The summed E-state index contributed by atoms with van der Waals surface area (Å²) in [5.41, 5.74) is 1.96. The molecule has 1 amide bonds. The lowest BCUT2D eigenvalue weighted by atomic mass is 10.1.